The smallest absolute Gasteiger partial charge is 0.255 e. The molecule has 10 heteroatoms. The molecule has 8 nitrogen and oxygen atoms in total. The van der Waals surface area contributed by atoms with Crippen LogP contribution in [0.15, 0.2) is 79.3 Å². The predicted octanol–water partition coefficient (Wildman–Crippen LogP) is 5.48. The molecule has 0 aliphatic rings. The van der Waals surface area contributed by atoms with Crippen LogP contribution in [-0.4, -0.2) is 38.1 Å². The maximum absolute atomic E-state index is 13.6. The molecular formula is C28H21F2N7O. The number of aromatic nitrogens is 5. The summed E-state index contributed by atoms with van der Waals surface area (Å²) in [5.41, 5.74) is 4.38. The molecular weight excluding hydrogens is 488 g/mol. The van der Waals surface area contributed by atoms with Gasteiger partial charge in [0.25, 0.3) is 5.91 Å². The van der Waals surface area contributed by atoms with Gasteiger partial charge in [-0.1, -0.05) is 12.1 Å². The van der Waals surface area contributed by atoms with Gasteiger partial charge < -0.3 is 15.2 Å². The number of carbonyl (C=O) groups excluding carboxylic acids is 1. The Kier molecular flexibility index (Phi) is 5.76. The van der Waals surface area contributed by atoms with E-state index < -0.39 is 17.5 Å². The first-order chi connectivity index (χ1) is 18.5. The van der Waals surface area contributed by atoms with Crippen LogP contribution < -0.4 is 10.2 Å². The number of aromatic amines is 2. The Morgan fingerprint density at radius 1 is 0.947 bits per heavy atom. The zero-order chi connectivity index (χ0) is 26.2. The van der Waals surface area contributed by atoms with Crippen LogP contribution in [0.5, 0.6) is 0 Å². The molecule has 188 valence electrons. The SMILES string of the molecule is CN(c1ncccc1C(=O)NCc1ccc(F)c(F)c1)c1n[nH]c2ccc(-c3c[nH]c4ncccc34)cc12. The minimum absolute atomic E-state index is 0.0300. The molecule has 6 rings (SSSR count). The number of nitrogens with one attached hydrogen (secondary N) is 3. The van der Waals surface area contributed by atoms with Crippen molar-refractivity contribution in [3.63, 3.8) is 0 Å². The van der Waals surface area contributed by atoms with Gasteiger partial charge >= 0.3 is 0 Å². The fourth-order valence-corrected chi connectivity index (χ4v) is 4.49. The Morgan fingerprint density at radius 3 is 2.66 bits per heavy atom. The predicted molar refractivity (Wildman–Crippen MR) is 141 cm³/mol. The first-order valence-electron chi connectivity index (χ1n) is 11.8. The van der Waals surface area contributed by atoms with Gasteiger partial charge in [-0.25, -0.2) is 18.7 Å². The number of amides is 1. The fourth-order valence-electron chi connectivity index (χ4n) is 4.49. The number of rotatable bonds is 6. The summed E-state index contributed by atoms with van der Waals surface area (Å²) in [6, 6.07) is 16.7. The van der Waals surface area contributed by atoms with Crippen molar-refractivity contribution in [1.29, 1.82) is 0 Å². The Morgan fingerprint density at radius 2 is 1.79 bits per heavy atom. The summed E-state index contributed by atoms with van der Waals surface area (Å²) in [6.45, 7) is 0.0300. The van der Waals surface area contributed by atoms with Crippen molar-refractivity contribution in [2.24, 2.45) is 0 Å². The van der Waals surface area contributed by atoms with Gasteiger partial charge in [-0.15, -0.1) is 0 Å². The van der Waals surface area contributed by atoms with Gasteiger partial charge in [0.15, 0.2) is 17.5 Å². The second-order valence-electron chi connectivity index (χ2n) is 8.77. The summed E-state index contributed by atoms with van der Waals surface area (Å²) < 4.78 is 26.8. The molecule has 0 atom stereocenters. The van der Waals surface area contributed by atoms with Gasteiger partial charge in [-0.3, -0.25) is 9.89 Å². The van der Waals surface area contributed by atoms with Gasteiger partial charge in [-0.05, 0) is 59.7 Å². The number of fused-ring (bicyclic) bond motifs is 2. The number of pyridine rings is 2. The zero-order valence-electron chi connectivity index (χ0n) is 20.2. The molecule has 3 N–H and O–H groups in total. The first-order valence-corrected chi connectivity index (χ1v) is 11.8. The van der Waals surface area contributed by atoms with E-state index in [2.05, 4.69) is 30.5 Å². The van der Waals surface area contributed by atoms with Crippen molar-refractivity contribution in [1.82, 2.24) is 30.5 Å². The Hall–Kier alpha value is -5.12. The topological polar surface area (TPSA) is 103 Å². The molecule has 0 unspecified atom stereocenters. The highest BCUT2D eigenvalue weighted by atomic mass is 19.2. The van der Waals surface area contributed by atoms with Crippen LogP contribution in [0, 0.1) is 11.6 Å². The van der Waals surface area contributed by atoms with E-state index in [0.29, 0.717) is 22.8 Å². The lowest BCUT2D eigenvalue weighted by molar-refractivity contribution is 0.0951. The molecule has 0 aliphatic carbocycles. The van der Waals surface area contributed by atoms with E-state index in [1.807, 2.05) is 36.5 Å². The number of halogens is 2. The average Bonchev–Trinajstić information content (AvgIpc) is 3.57. The second kappa shape index (κ2) is 9.40. The number of carbonyl (C=O) groups is 1. The van der Waals surface area contributed by atoms with E-state index in [1.54, 1.807) is 36.5 Å². The Balaban J connectivity index is 1.31. The van der Waals surface area contributed by atoms with Gasteiger partial charge in [-0.2, -0.15) is 5.10 Å². The maximum atomic E-state index is 13.6. The van der Waals surface area contributed by atoms with Crippen molar-refractivity contribution in [3.05, 3.63) is 102 Å². The van der Waals surface area contributed by atoms with E-state index in [1.165, 1.54) is 6.07 Å². The average molecular weight is 510 g/mol. The summed E-state index contributed by atoms with van der Waals surface area (Å²) >= 11 is 0. The first kappa shape index (κ1) is 23.3. The standard InChI is InChI=1S/C28H21F2N7O/c1-37(26-19(5-3-11-32-26)28(38)34-14-16-6-8-22(29)23(30)12-16)27-20-13-17(7-9-24(20)35-36-27)21-15-33-25-18(21)4-2-10-31-25/h2-13,15H,14H2,1H3,(H,31,33)(H,34,38)(H,35,36). The molecule has 0 saturated carbocycles. The van der Waals surface area contributed by atoms with Gasteiger partial charge in [0.2, 0.25) is 0 Å². The molecule has 6 aromatic rings. The lowest BCUT2D eigenvalue weighted by atomic mass is 10.0. The van der Waals surface area contributed by atoms with Crippen LogP contribution in [0.1, 0.15) is 15.9 Å². The Labute approximate surface area is 215 Å². The molecule has 0 aliphatic heterocycles. The highest BCUT2D eigenvalue weighted by Gasteiger charge is 2.20. The summed E-state index contributed by atoms with van der Waals surface area (Å²) in [6.07, 6.45) is 5.27. The number of hydrogen-bond acceptors (Lipinski definition) is 5. The summed E-state index contributed by atoms with van der Waals surface area (Å²) in [5.74, 6) is -1.32. The van der Waals surface area contributed by atoms with Gasteiger partial charge in [0.05, 0.1) is 11.1 Å². The zero-order valence-corrected chi connectivity index (χ0v) is 20.2. The van der Waals surface area contributed by atoms with Crippen molar-refractivity contribution in [3.8, 4) is 11.1 Å². The van der Waals surface area contributed by atoms with Crippen LogP contribution in [0.3, 0.4) is 0 Å². The minimum atomic E-state index is -0.966. The summed E-state index contributed by atoms with van der Waals surface area (Å²) in [4.78, 5) is 26.8. The third kappa shape index (κ3) is 4.11. The van der Waals surface area contributed by atoms with E-state index in [0.717, 1.165) is 45.2 Å². The van der Waals surface area contributed by atoms with Crippen molar-refractivity contribution >= 4 is 39.5 Å². The fraction of sp³-hybridized carbons (Fsp3) is 0.0714. The number of anilines is 2. The van der Waals surface area contributed by atoms with Crippen molar-refractivity contribution in [2.45, 2.75) is 6.54 Å². The molecule has 0 fully saturated rings. The lowest BCUT2D eigenvalue weighted by Gasteiger charge is -2.19. The number of hydrogen-bond donors (Lipinski definition) is 3. The van der Waals surface area contributed by atoms with Crippen LogP contribution in [0.25, 0.3) is 33.1 Å². The number of benzene rings is 2. The lowest BCUT2D eigenvalue weighted by Crippen LogP contribution is -2.26. The third-order valence-corrected chi connectivity index (χ3v) is 6.41. The number of H-pyrrole nitrogens is 2. The molecule has 0 bridgehead atoms. The highest BCUT2D eigenvalue weighted by molar-refractivity contribution is 6.02. The summed E-state index contributed by atoms with van der Waals surface area (Å²) in [7, 11) is 1.78. The molecule has 0 spiro atoms. The summed E-state index contributed by atoms with van der Waals surface area (Å²) in [5, 5.41) is 12.2. The van der Waals surface area contributed by atoms with Crippen molar-refractivity contribution < 1.29 is 13.6 Å². The molecule has 2 aromatic carbocycles. The minimum Gasteiger partial charge on any atom is -0.348 e. The molecule has 4 aromatic heterocycles. The van der Waals surface area contributed by atoms with Crippen molar-refractivity contribution in [2.75, 3.05) is 11.9 Å². The molecule has 0 radical (unpaired) electrons. The van der Waals surface area contributed by atoms with Gasteiger partial charge in [0.1, 0.15) is 11.5 Å². The van der Waals surface area contributed by atoms with E-state index in [9.17, 15) is 13.6 Å². The highest BCUT2D eigenvalue weighted by Crippen LogP contribution is 2.34. The van der Waals surface area contributed by atoms with Crippen LogP contribution in [-0.2, 0) is 6.54 Å². The quantitative estimate of drug-likeness (QED) is 0.276. The molecule has 4 heterocycles. The molecule has 1 amide bonds. The second-order valence-corrected chi connectivity index (χ2v) is 8.77. The number of nitrogens with zero attached hydrogens (tertiary/aromatic N) is 4. The maximum Gasteiger partial charge on any atom is 0.255 e. The molecule has 38 heavy (non-hydrogen) atoms. The van der Waals surface area contributed by atoms with Crippen LogP contribution in [0.4, 0.5) is 20.4 Å². The van der Waals surface area contributed by atoms with E-state index >= 15 is 0 Å². The van der Waals surface area contributed by atoms with E-state index in [-0.39, 0.29) is 6.54 Å². The largest absolute Gasteiger partial charge is 0.348 e. The van der Waals surface area contributed by atoms with Crippen LogP contribution >= 0.6 is 0 Å². The third-order valence-electron chi connectivity index (χ3n) is 6.41. The van der Waals surface area contributed by atoms with Gasteiger partial charge in [0, 0.05) is 48.5 Å². The Bertz CT molecular complexity index is 1810. The monoisotopic (exact) mass is 509 g/mol. The normalized spacial score (nSPS) is 11.2. The molecule has 0 saturated heterocycles. The van der Waals surface area contributed by atoms with E-state index in [4.69, 9.17) is 0 Å². The van der Waals surface area contributed by atoms with Crippen LogP contribution in [0.2, 0.25) is 0 Å².